The minimum absolute atomic E-state index is 0.0178. The van der Waals surface area contributed by atoms with E-state index in [0.29, 0.717) is 16.5 Å². The summed E-state index contributed by atoms with van der Waals surface area (Å²) in [6.45, 7) is 3.38. The lowest BCUT2D eigenvalue weighted by molar-refractivity contribution is -0.208. The molecule has 9 nitrogen and oxygen atoms in total. The SMILES string of the molecule is Cc1ccc2[nH]ncc2c1-c1nc(-c2ccccc2NC(=O)C(C)(C)C(F)(F)F)nc(C(N)=O)c1N. The second kappa shape index (κ2) is 8.63. The number of anilines is 2. The van der Waals surface area contributed by atoms with Gasteiger partial charge in [0.25, 0.3) is 5.91 Å². The van der Waals surface area contributed by atoms with Crippen LogP contribution in [0.5, 0.6) is 0 Å². The number of para-hydroxylation sites is 1. The minimum atomic E-state index is -4.78. The van der Waals surface area contributed by atoms with Crippen molar-refractivity contribution in [3.8, 4) is 22.6 Å². The molecule has 0 aliphatic heterocycles. The van der Waals surface area contributed by atoms with Gasteiger partial charge in [-0.15, -0.1) is 0 Å². The summed E-state index contributed by atoms with van der Waals surface area (Å²) in [4.78, 5) is 33.6. The molecule has 186 valence electrons. The van der Waals surface area contributed by atoms with Crippen molar-refractivity contribution in [1.29, 1.82) is 0 Å². The van der Waals surface area contributed by atoms with Crippen LogP contribution in [0.25, 0.3) is 33.5 Å². The van der Waals surface area contributed by atoms with Crippen LogP contribution in [0.1, 0.15) is 29.9 Å². The molecule has 0 spiro atoms. The lowest BCUT2D eigenvalue weighted by atomic mass is 9.91. The van der Waals surface area contributed by atoms with Gasteiger partial charge in [-0.2, -0.15) is 18.3 Å². The van der Waals surface area contributed by atoms with E-state index in [1.807, 2.05) is 19.1 Å². The average Bonchev–Trinajstić information content (AvgIpc) is 3.28. The van der Waals surface area contributed by atoms with Crippen LogP contribution >= 0.6 is 0 Å². The number of rotatable bonds is 5. The molecule has 0 atom stereocenters. The maximum Gasteiger partial charge on any atom is 0.402 e. The normalized spacial score (nSPS) is 12.1. The first-order valence-electron chi connectivity index (χ1n) is 10.7. The van der Waals surface area contributed by atoms with E-state index in [1.54, 1.807) is 12.3 Å². The number of benzene rings is 2. The Bertz CT molecular complexity index is 1510. The van der Waals surface area contributed by atoms with Crippen LogP contribution in [-0.2, 0) is 4.79 Å². The van der Waals surface area contributed by atoms with Crippen LogP contribution in [0.15, 0.2) is 42.6 Å². The molecule has 4 aromatic rings. The highest BCUT2D eigenvalue weighted by molar-refractivity contribution is 6.04. The summed E-state index contributed by atoms with van der Waals surface area (Å²) in [6.07, 6.45) is -3.20. The standard InChI is InChI=1S/C24H22F3N7O2/c1-11-8-9-15-13(10-30-34-15)16(11)18-17(28)19(20(29)35)33-21(32-18)12-6-4-5-7-14(12)31-22(36)23(2,3)24(25,26)27/h4-10H,28H2,1-3H3,(H2,29,35)(H,30,34)(H,31,36). The average molecular weight is 497 g/mol. The number of nitrogens with two attached hydrogens (primary N) is 2. The summed E-state index contributed by atoms with van der Waals surface area (Å²) in [5.41, 5.74) is 11.2. The van der Waals surface area contributed by atoms with Gasteiger partial charge in [-0.25, -0.2) is 9.97 Å². The Labute approximate surface area is 203 Å². The highest BCUT2D eigenvalue weighted by Crippen LogP contribution is 2.40. The molecule has 0 radical (unpaired) electrons. The number of halogens is 3. The molecule has 0 bridgehead atoms. The Kier molecular flexibility index (Phi) is 5.91. The first kappa shape index (κ1) is 24.6. The zero-order valence-corrected chi connectivity index (χ0v) is 19.5. The smallest absolute Gasteiger partial charge is 0.395 e. The van der Waals surface area contributed by atoms with E-state index in [9.17, 15) is 22.8 Å². The molecule has 0 unspecified atom stereocenters. The lowest BCUT2D eigenvalue weighted by Gasteiger charge is -2.26. The molecule has 0 aliphatic carbocycles. The van der Waals surface area contributed by atoms with Gasteiger partial charge >= 0.3 is 6.18 Å². The summed E-state index contributed by atoms with van der Waals surface area (Å²) >= 11 is 0. The van der Waals surface area contributed by atoms with Crippen molar-refractivity contribution in [2.45, 2.75) is 26.9 Å². The van der Waals surface area contributed by atoms with Crippen LogP contribution in [0.3, 0.4) is 0 Å². The third-order valence-corrected chi connectivity index (χ3v) is 5.94. The zero-order valence-electron chi connectivity index (χ0n) is 19.5. The van der Waals surface area contributed by atoms with Crippen LogP contribution in [0.4, 0.5) is 24.5 Å². The first-order chi connectivity index (χ1) is 16.8. The molecular formula is C24H22F3N7O2. The quantitative estimate of drug-likeness (QED) is 0.324. The topological polar surface area (TPSA) is 153 Å². The largest absolute Gasteiger partial charge is 0.402 e. The fourth-order valence-electron chi connectivity index (χ4n) is 3.60. The van der Waals surface area contributed by atoms with Gasteiger partial charge < -0.3 is 16.8 Å². The molecular weight excluding hydrogens is 475 g/mol. The fraction of sp³-hybridized carbons (Fsp3) is 0.208. The summed E-state index contributed by atoms with van der Waals surface area (Å²) < 4.78 is 40.3. The lowest BCUT2D eigenvalue weighted by Crippen LogP contribution is -2.43. The molecule has 0 aliphatic rings. The number of aryl methyl sites for hydroxylation is 1. The van der Waals surface area contributed by atoms with Gasteiger partial charge in [-0.05, 0) is 44.5 Å². The molecule has 2 heterocycles. The number of carbonyl (C=O) groups is 2. The van der Waals surface area contributed by atoms with Crippen molar-refractivity contribution in [3.63, 3.8) is 0 Å². The Morgan fingerprint density at radius 3 is 2.42 bits per heavy atom. The number of amides is 2. The Balaban J connectivity index is 1.92. The van der Waals surface area contributed by atoms with Crippen molar-refractivity contribution >= 4 is 34.1 Å². The second-order valence-corrected chi connectivity index (χ2v) is 8.73. The number of nitrogens with zero attached hydrogens (tertiary/aromatic N) is 3. The zero-order chi connectivity index (χ0) is 26.4. The first-order valence-corrected chi connectivity index (χ1v) is 10.7. The van der Waals surface area contributed by atoms with Gasteiger partial charge in [-0.1, -0.05) is 18.2 Å². The fourth-order valence-corrected chi connectivity index (χ4v) is 3.60. The molecule has 6 N–H and O–H groups in total. The van der Waals surface area contributed by atoms with Gasteiger partial charge in [0, 0.05) is 16.5 Å². The van der Waals surface area contributed by atoms with E-state index < -0.39 is 23.4 Å². The predicted molar refractivity (Wildman–Crippen MR) is 129 cm³/mol. The maximum atomic E-state index is 13.4. The van der Waals surface area contributed by atoms with Gasteiger partial charge in [-0.3, -0.25) is 14.7 Å². The molecule has 0 saturated heterocycles. The minimum Gasteiger partial charge on any atom is -0.395 e. The highest BCUT2D eigenvalue weighted by Gasteiger charge is 2.53. The Morgan fingerprint density at radius 1 is 1.06 bits per heavy atom. The Morgan fingerprint density at radius 2 is 1.75 bits per heavy atom. The van der Waals surface area contributed by atoms with Crippen molar-refractivity contribution in [3.05, 3.63) is 53.9 Å². The van der Waals surface area contributed by atoms with Gasteiger partial charge in [0.1, 0.15) is 5.41 Å². The maximum absolute atomic E-state index is 13.4. The monoisotopic (exact) mass is 497 g/mol. The van der Waals surface area contributed by atoms with E-state index in [1.165, 1.54) is 18.2 Å². The van der Waals surface area contributed by atoms with E-state index in [-0.39, 0.29) is 34.2 Å². The van der Waals surface area contributed by atoms with E-state index in [2.05, 4.69) is 25.5 Å². The van der Waals surface area contributed by atoms with Gasteiger partial charge in [0.05, 0.1) is 28.8 Å². The van der Waals surface area contributed by atoms with Crippen LogP contribution in [0.2, 0.25) is 0 Å². The highest BCUT2D eigenvalue weighted by atomic mass is 19.4. The number of aromatic amines is 1. The van der Waals surface area contributed by atoms with Gasteiger partial charge in [0.2, 0.25) is 5.91 Å². The number of H-pyrrole nitrogens is 1. The molecule has 4 rings (SSSR count). The third kappa shape index (κ3) is 4.10. The Hall–Kier alpha value is -4.48. The molecule has 0 saturated carbocycles. The van der Waals surface area contributed by atoms with Crippen molar-refractivity contribution in [2.24, 2.45) is 11.1 Å². The predicted octanol–water partition coefficient (Wildman–Crippen LogP) is 4.20. The number of primary amides is 1. The molecule has 12 heteroatoms. The van der Waals surface area contributed by atoms with E-state index >= 15 is 0 Å². The number of hydrogen-bond donors (Lipinski definition) is 4. The number of carbonyl (C=O) groups excluding carboxylic acids is 2. The molecule has 0 fully saturated rings. The van der Waals surface area contributed by atoms with Crippen molar-refractivity contribution in [2.75, 3.05) is 11.1 Å². The number of nitrogens with one attached hydrogen (secondary N) is 2. The molecule has 2 aromatic heterocycles. The van der Waals surface area contributed by atoms with Crippen LogP contribution < -0.4 is 16.8 Å². The summed E-state index contributed by atoms with van der Waals surface area (Å²) in [5.74, 6) is -2.25. The number of fused-ring (bicyclic) bond motifs is 1. The van der Waals surface area contributed by atoms with Crippen molar-refractivity contribution < 1.29 is 22.8 Å². The number of nitrogen functional groups attached to an aromatic ring is 1. The number of alkyl halides is 3. The van der Waals surface area contributed by atoms with Crippen LogP contribution in [0, 0.1) is 12.3 Å². The molecule has 36 heavy (non-hydrogen) atoms. The summed E-state index contributed by atoms with van der Waals surface area (Å²) in [5, 5.41) is 9.89. The summed E-state index contributed by atoms with van der Waals surface area (Å²) in [6, 6.07) is 9.66. The van der Waals surface area contributed by atoms with E-state index in [4.69, 9.17) is 11.5 Å². The number of aromatic nitrogens is 4. The number of hydrogen-bond acceptors (Lipinski definition) is 6. The van der Waals surface area contributed by atoms with Crippen molar-refractivity contribution in [1.82, 2.24) is 20.2 Å². The summed E-state index contributed by atoms with van der Waals surface area (Å²) in [7, 11) is 0. The van der Waals surface area contributed by atoms with E-state index in [0.717, 1.165) is 19.4 Å². The molecule has 2 aromatic carbocycles. The molecule has 2 amide bonds. The van der Waals surface area contributed by atoms with Crippen LogP contribution in [-0.4, -0.2) is 38.2 Å². The third-order valence-electron chi connectivity index (χ3n) is 5.94. The second-order valence-electron chi connectivity index (χ2n) is 8.73. The van der Waals surface area contributed by atoms with Gasteiger partial charge in [0.15, 0.2) is 11.5 Å².